The molecule has 0 saturated carbocycles. The van der Waals surface area contributed by atoms with Crippen LogP contribution in [0.25, 0.3) is 0 Å². The molecule has 4 heteroatoms. The minimum absolute atomic E-state index is 0.0152. The second-order valence-electron chi connectivity index (χ2n) is 4.59. The lowest BCUT2D eigenvalue weighted by Gasteiger charge is -2.06. The molecule has 20 heavy (non-hydrogen) atoms. The van der Waals surface area contributed by atoms with Crippen LogP contribution in [0.3, 0.4) is 0 Å². The lowest BCUT2D eigenvalue weighted by Crippen LogP contribution is -2.11. The molecule has 1 aliphatic heterocycles. The van der Waals surface area contributed by atoms with Gasteiger partial charge in [0.05, 0.1) is 6.61 Å². The van der Waals surface area contributed by atoms with Crippen molar-refractivity contribution < 1.29 is 14.3 Å². The molecule has 0 aliphatic carbocycles. The minimum atomic E-state index is -0.0466. The van der Waals surface area contributed by atoms with Crippen molar-refractivity contribution in [1.82, 2.24) is 0 Å². The van der Waals surface area contributed by atoms with Gasteiger partial charge < -0.3 is 9.47 Å². The third kappa shape index (κ3) is 2.78. The number of hydrogen-bond acceptors (Lipinski definition) is 3. The fourth-order valence-corrected chi connectivity index (χ4v) is 2.25. The van der Waals surface area contributed by atoms with Crippen molar-refractivity contribution in [3.05, 3.63) is 58.6 Å². The van der Waals surface area contributed by atoms with Crippen molar-refractivity contribution in [3.63, 3.8) is 0 Å². The molecule has 0 N–H and O–H groups in total. The van der Waals surface area contributed by atoms with Crippen molar-refractivity contribution in [3.8, 4) is 11.5 Å². The number of Topliss-reactive ketones (excluding diaryl/α,β-unsaturated/α-hetero) is 1. The normalized spacial score (nSPS) is 12.7. The van der Waals surface area contributed by atoms with Crippen molar-refractivity contribution in [1.29, 1.82) is 0 Å². The quantitative estimate of drug-likeness (QED) is 0.807. The molecule has 0 unspecified atom stereocenters. The Bertz CT molecular complexity index is 635. The summed E-state index contributed by atoms with van der Waals surface area (Å²) in [6, 6.07) is 12.5. The van der Waals surface area contributed by atoms with Gasteiger partial charge in [0.15, 0.2) is 12.4 Å². The maximum Gasteiger partial charge on any atom is 0.200 e. The van der Waals surface area contributed by atoms with Crippen LogP contribution in [0.4, 0.5) is 0 Å². The highest BCUT2D eigenvalue weighted by molar-refractivity contribution is 6.30. The SMILES string of the molecule is O=C(COc1ccc(Cl)cc1)c1ccc2c(c1)CCO2. The summed E-state index contributed by atoms with van der Waals surface area (Å²) >= 11 is 5.79. The lowest BCUT2D eigenvalue weighted by atomic mass is 10.1. The number of carbonyl (C=O) groups is 1. The van der Waals surface area contributed by atoms with E-state index in [1.807, 2.05) is 12.1 Å². The van der Waals surface area contributed by atoms with Crippen molar-refractivity contribution in [2.24, 2.45) is 0 Å². The van der Waals surface area contributed by atoms with Gasteiger partial charge in [-0.15, -0.1) is 0 Å². The summed E-state index contributed by atoms with van der Waals surface area (Å²) in [7, 11) is 0. The van der Waals surface area contributed by atoms with Gasteiger partial charge in [-0.3, -0.25) is 4.79 Å². The van der Waals surface area contributed by atoms with Gasteiger partial charge in [-0.1, -0.05) is 11.6 Å². The Labute approximate surface area is 122 Å². The van der Waals surface area contributed by atoms with E-state index in [1.54, 1.807) is 30.3 Å². The van der Waals surface area contributed by atoms with E-state index in [4.69, 9.17) is 21.1 Å². The summed E-state index contributed by atoms with van der Waals surface area (Å²) in [5.41, 5.74) is 1.74. The number of carbonyl (C=O) groups excluding carboxylic acids is 1. The van der Waals surface area contributed by atoms with E-state index in [2.05, 4.69) is 0 Å². The van der Waals surface area contributed by atoms with E-state index < -0.39 is 0 Å². The molecule has 102 valence electrons. The van der Waals surface area contributed by atoms with Gasteiger partial charge in [0.25, 0.3) is 0 Å². The van der Waals surface area contributed by atoms with E-state index >= 15 is 0 Å². The number of rotatable bonds is 4. The molecule has 2 aromatic carbocycles. The Balaban J connectivity index is 1.66. The first kappa shape index (κ1) is 13.0. The highest BCUT2D eigenvalue weighted by Gasteiger charge is 2.15. The van der Waals surface area contributed by atoms with Gasteiger partial charge in [0.2, 0.25) is 0 Å². The largest absolute Gasteiger partial charge is 0.493 e. The van der Waals surface area contributed by atoms with E-state index in [0.717, 1.165) is 17.7 Å². The number of hydrogen-bond donors (Lipinski definition) is 0. The van der Waals surface area contributed by atoms with E-state index in [0.29, 0.717) is 22.9 Å². The lowest BCUT2D eigenvalue weighted by molar-refractivity contribution is 0.0921. The summed E-state index contributed by atoms with van der Waals surface area (Å²) in [6.07, 6.45) is 0.856. The average molecular weight is 289 g/mol. The first-order valence-electron chi connectivity index (χ1n) is 6.40. The number of fused-ring (bicyclic) bond motifs is 1. The van der Waals surface area contributed by atoms with E-state index in [1.165, 1.54) is 0 Å². The highest BCUT2D eigenvalue weighted by Crippen LogP contribution is 2.26. The molecule has 2 aromatic rings. The summed E-state index contributed by atoms with van der Waals surface area (Å²) in [5.74, 6) is 1.46. The molecule has 1 aliphatic rings. The molecular weight excluding hydrogens is 276 g/mol. The molecule has 0 atom stereocenters. The van der Waals surface area contributed by atoms with Gasteiger partial charge in [-0.25, -0.2) is 0 Å². The Hall–Kier alpha value is -2.00. The second kappa shape index (κ2) is 5.55. The maximum absolute atomic E-state index is 12.1. The maximum atomic E-state index is 12.1. The van der Waals surface area contributed by atoms with Crippen molar-refractivity contribution in [2.75, 3.05) is 13.2 Å². The smallest absolute Gasteiger partial charge is 0.200 e. The van der Waals surface area contributed by atoms with Crippen molar-refractivity contribution in [2.45, 2.75) is 6.42 Å². The first-order chi connectivity index (χ1) is 9.72. The summed E-state index contributed by atoms with van der Waals surface area (Å²) in [6.45, 7) is 0.704. The molecule has 3 nitrogen and oxygen atoms in total. The van der Waals surface area contributed by atoms with E-state index in [9.17, 15) is 4.79 Å². The van der Waals surface area contributed by atoms with Crippen LogP contribution in [0.1, 0.15) is 15.9 Å². The second-order valence-corrected chi connectivity index (χ2v) is 5.02. The summed E-state index contributed by atoms with van der Waals surface area (Å²) in [4.78, 5) is 12.1. The van der Waals surface area contributed by atoms with Crippen LogP contribution in [-0.4, -0.2) is 19.0 Å². The predicted octanol–water partition coefficient (Wildman–Crippen LogP) is 3.54. The molecule has 0 radical (unpaired) electrons. The summed E-state index contributed by atoms with van der Waals surface area (Å²) in [5, 5.41) is 0.641. The monoisotopic (exact) mass is 288 g/mol. The Morgan fingerprint density at radius 1 is 1.20 bits per heavy atom. The Morgan fingerprint density at radius 3 is 2.80 bits per heavy atom. The third-order valence-electron chi connectivity index (χ3n) is 3.19. The molecular formula is C16H13ClO3. The van der Waals surface area contributed by atoms with Gasteiger partial charge in [0.1, 0.15) is 11.5 Å². The Kier molecular flexibility index (Phi) is 3.61. The summed E-state index contributed by atoms with van der Waals surface area (Å²) < 4.78 is 10.9. The fraction of sp³-hybridized carbons (Fsp3) is 0.188. The van der Waals surface area contributed by atoms with Crippen LogP contribution in [0.2, 0.25) is 5.02 Å². The van der Waals surface area contributed by atoms with Crippen molar-refractivity contribution >= 4 is 17.4 Å². The Morgan fingerprint density at radius 2 is 2.00 bits per heavy atom. The van der Waals surface area contributed by atoms with E-state index in [-0.39, 0.29) is 12.4 Å². The van der Waals surface area contributed by atoms with Crippen LogP contribution in [0, 0.1) is 0 Å². The first-order valence-corrected chi connectivity index (χ1v) is 6.77. The van der Waals surface area contributed by atoms with Gasteiger partial charge in [-0.2, -0.15) is 0 Å². The fourth-order valence-electron chi connectivity index (χ4n) is 2.12. The zero-order chi connectivity index (χ0) is 13.9. The van der Waals surface area contributed by atoms with Crippen LogP contribution >= 0.6 is 11.6 Å². The molecule has 0 fully saturated rings. The average Bonchev–Trinajstić information content (AvgIpc) is 2.93. The highest BCUT2D eigenvalue weighted by atomic mass is 35.5. The predicted molar refractivity (Wildman–Crippen MR) is 76.9 cm³/mol. The minimum Gasteiger partial charge on any atom is -0.493 e. The van der Waals surface area contributed by atoms with Crippen LogP contribution in [-0.2, 0) is 6.42 Å². The third-order valence-corrected chi connectivity index (χ3v) is 3.45. The zero-order valence-electron chi connectivity index (χ0n) is 10.8. The molecule has 1 heterocycles. The number of halogens is 1. The molecule has 0 amide bonds. The van der Waals surface area contributed by atoms with Crippen LogP contribution in [0.5, 0.6) is 11.5 Å². The number of ketones is 1. The zero-order valence-corrected chi connectivity index (χ0v) is 11.5. The number of benzene rings is 2. The molecule has 0 aromatic heterocycles. The van der Waals surface area contributed by atoms with Crippen LogP contribution < -0.4 is 9.47 Å². The van der Waals surface area contributed by atoms with Gasteiger partial charge in [-0.05, 0) is 48.0 Å². The molecule has 3 rings (SSSR count). The molecule has 0 spiro atoms. The molecule has 0 bridgehead atoms. The number of ether oxygens (including phenoxy) is 2. The topological polar surface area (TPSA) is 35.5 Å². The molecule has 0 saturated heterocycles. The van der Waals surface area contributed by atoms with Gasteiger partial charge in [0, 0.05) is 17.0 Å². The standard InChI is InChI=1S/C16H13ClO3/c17-13-2-4-14(5-3-13)20-10-15(18)11-1-6-16-12(9-11)7-8-19-16/h1-6,9H,7-8,10H2. The van der Waals surface area contributed by atoms with Gasteiger partial charge >= 0.3 is 0 Å². The van der Waals surface area contributed by atoms with Crippen LogP contribution in [0.15, 0.2) is 42.5 Å².